The molecule has 1 unspecified atom stereocenters. The van der Waals surface area contributed by atoms with Crippen molar-refractivity contribution in [1.29, 1.82) is 0 Å². The normalized spacial score (nSPS) is 19.6. The Morgan fingerprint density at radius 1 is 1.61 bits per heavy atom. The van der Waals surface area contributed by atoms with Gasteiger partial charge in [0.15, 0.2) is 0 Å². The van der Waals surface area contributed by atoms with E-state index in [9.17, 15) is 4.79 Å². The molecule has 0 aromatic carbocycles. The molecule has 5 nitrogen and oxygen atoms in total. The number of rotatable bonds is 3. The van der Waals surface area contributed by atoms with Crippen LogP contribution < -0.4 is 10.6 Å². The van der Waals surface area contributed by atoms with E-state index in [0.717, 1.165) is 31.6 Å². The van der Waals surface area contributed by atoms with Gasteiger partial charge in [0.2, 0.25) is 0 Å². The van der Waals surface area contributed by atoms with Crippen molar-refractivity contribution in [2.45, 2.75) is 32.2 Å². The van der Waals surface area contributed by atoms with Crippen LogP contribution in [0, 0.1) is 0 Å². The minimum Gasteiger partial charge on any atom is -0.464 e. The summed E-state index contributed by atoms with van der Waals surface area (Å²) < 4.78 is 5.12. The largest absolute Gasteiger partial charge is 0.464 e. The molecule has 2 heterocycles. The number of hydrogen-bond donors (Lipinski definition) is 1. The van der Waals surface area contributed by atoms with Crippen molar-refractivity contribution in [2.24, 2.45) is 0 Å². The molecule has 1 aliphatic heterocycles. The Bertz CT molecular complexity index is 422. The molecule has 5 heteroatoms. The van der Waals surface area contributed by atoms with Gasteiger partial charge in [-0.3, -0.25) is 0 Å². The van der Waals surface area contributed by atoms with Crippen LogP contribution >= 0.6 is 0 Å². The topological polar surface area (TPSA) is 68.5 Å². The summed E-state index contributed by atoms with van der Waals surface area (Å²) in [5, 5.41) is 0. The van der Waals surface area contributed by atoms with Crippen molar-refractivity contribution in [3.63, 3.8) is 0 Å². The summed E-state index contributed by atoms with van der Waals surface area (Å²) >= 11 is 0. The molecule has 0 spiro atoms. The predicted octanol–water partition coefficient (Wildman–Crippen LogP) is 1.59. The van der Waals surface area contributed by atoms with Crippen molar-refractivity contribution in [1.82, 2.24) is 4.98 Å². The van der Waals surface area contributed by atoms with Gasteiger partial charge < -0.3 is 15.4 Å². The molecule has 1 aromatic rings. The number of nitrogen functional groups attached to an aromatic ring is 1. The molecule has 0 radical (unpaired) electrons. The number of carbonyl (C=O) groups is 1. The zero-order valence-corrected chi connectivity index (χ0v) is 10.6. The molecule has 1 atom stereocenters. The zero-order chi connectivity index (χ0) is 13.0. The summed E-state index contributed by atoms with van der Waals surface area (Å²) in [4.78, 5) is 18.2. The molecular formula is C13H19N3O2. The van der Waals surface area contributed by atoms with E-state index in [-0.39, 0.29) is 12.0 Å². The molecule has 2 rings (SSSR count). The van der Waals surface area contributed by atoms with Crippen LogP contribution in [0.4, 0.5) is 11.5 Å². The lowest BCUT2D eigenvalue weighted by atomic mass is 10.0. The lowest BCUT2D eigenvalue weighted by molar-refractivity contribution is -0.145. The van der Waals surface area contributed by atoms with E-state index < -0.39 is 0 Å². The molecule has 18 heavy (non-hydrogen) atoms. The van der Waals surface area contributed by atoms with E-state index in [0.29, 0.717) is 12.3 Å². The minimum atomic E-state index is -0.229. The van der Waals surface area contributed by atoms with Crippen LogP contribution in [-0.2, 0) is 9.53 Å². The Balaban J connectivity index is 2.20. The standard InChI is InChI=1S/C13H19N3O2/c1-2-18-13(17)11-5-3-4-8-16(11)12-9-10(14)6-7-15-12/h6-7,9,11H,2-5,8H2,1H3,(H2,14,15). The summed E-state index contributed by atoms with van der Waals surface area (Å²) in [5.41, 5.74) is 6.42. The maximum Gasteiger partial charge on any atom is 0.328 e. The summed E-state index contributed by atoms with van der Waals surface area (Å²) in [7, 11) is 0. The van der Waals surface area contributed by atoms with Gasteiger partial charge in [-0.1, -0.05) is 0 Å². The van der Waals surface area contributed by atoms with Gasteiger partial charge in [0.25, 0.3) is 0 Å². The molecule has 0 aliphatic carbocycles. The first-order valence-electron chi connectivity index (χ1n) is 6.37. The van der Waals surface area contributed by atoms with Gasteiger partial charge in [0.05, 0.1) is 6.61 Å². The fourth-order valence-electron chi connectivity index (χ4n) is 2.28. The Morgan fingerprint density at radius 3 is 3.17 bits per heavy atom. The molecule has 0 bridgehead atoms. The van der Waals surface area contributed by atoms with Gasteiger partial charge in [-0.05, 0) is 32.3 Å². The van der Waals surface area contributed by atoms with Crippen LogP contribution in [0.3, 0.4) is 0 Å². The van der Waals surface area contributed by atoms with E-state index in [1.165, 1.54) is 0 Å². The Kier molecular flexibility index (Phi) is 4.02. The zero-order valence-electron chi connectivity index (χ0n) is 10.6. The fourth-order valence-corrected chi connectivity index (χ4v) is 2.28. The maximum absolute atomic E-state index is 11.9. The average Bonchev–Trinajstić information content (AvgIpc) is 2.39. The number of esters is 1. The number of hydrogen-bond acceptors (Lipinski definition) is 5. The summed E-state index contributed by atoms with van der Waals surface area (Å²) in [6, 6.07) is 3.32. The number of ether oxygens (including phenoxy) is 1. The van der Waals surface area contributed by atoms with Crippen molar-refractivity contribution in [3.05, 3.63) is 18.3 Å². The monoisotopic (exact) mass is 249 g/mol. The number of carbonyl (C=O) groups excluding carboxylic acids is 1. The second-order valence-electron chi connectivity index (χ2n) is 4.40. The van der Waals surface area contributed by atoms with Gasteiger partial charge in [-0.15, -0.1) is 0 Å². The molecular weight excluding hydrogens is 230 g/mol. The number of pyridine rings is 1. The summed E-state index contributed by atoms with van der Waals surface area (Å²) in [6.07, 6.45) is 4.59. The van der Waals surface area contributed by atoms with Gasteiger partial charge in [0.1, 0.15) is 11.9 Å². The predicted molar refractivity (Wildman–Crippen MR) is 70.3 cm³/mol. The van der Waals surface area contributed by atoms with Crippen LogP contribution in [0.1, 0.15) is 26.2 Å². The summed E-state index contributed by atoms with van der Waals surface area (Å²) in [6.45, 7) is 3.05. The number of aromatic nitrogens is 1. The first-order valence-corrected chi connectivity index (χ1v) is 6.37. The van der Waals surface area contributed by atoms with Gasteiger partial charge in [-0.2, -0.15) is 0 Å². The Labute approximate surface area is 107 Å². The molecule has 1 fully saturated rings. The third-order valence-corrected chi connectivity index (χ3v) is 3.13. The number of anilines is 2. The molecule has 98 valence electrons. The minimum absolute atomic E-state index is 0.165. The molecule has 0 saturated carbocycles. The molecule has 1 aromatic heterocycles. The van der Waals surface area contributed by atoms with Crippen LogP contribution in [-0.4, -0.2) is 30.1 Å². The van der Waals surface area contributed by atoms with Crippen LogP contribution in [0.5, 0.6) is 0 Å². The molecule has 2 N–H and O–H groups in total. The first-order chi connectivity index (χ1) is 8.72. The highest BCUT2D eigenvalue weighted by molar-refractivity contribution is 5.80. The fraction of sp³-hybridized carbons (Fsp3) is 0.538. The van der Waals surface area contributed by atoms with E-state index in [1.807, 2.05) is 11.8 Å². The molecule has 1 saturated heterocycles. The Hall–Kier alpha value is -1.78. The number of nitrogens with zero attached hydrogens (tertiary/aromatic N) is 2. The van der Waals surface area contributed by atoms with Crippen molar-refractivity contribution < 1.29 is 9.53 Å². The highest BCUT2D eigenvalue weighted by Gasteiger charge is 2.30. The van der Waals surface area contributed by atoms with Crippen molar-refractivity contribution >= 4 is 17.5 Å². The number of nitrogens with two attached hydrogens (primary N) is 1. The number of piperidine rings is 1. The van der Waals surface area contributed by atoms with E-state index >= 15 is 0 Å². The second-order valence-corrected chi connectivity index (χ2v) is 4.40. The third kappa shape index (κ3) is 2.72. The molecule has 0 amide bonds. The van der Waals surface area contributed by atoms with Crippen molar-refractivity contribution in [2.75, 3.05) is 23.8 Å². The van der Waals surface area contributed by atoms with Gasteiger partial charge in [-0.25, -0.2) is 9.78 Å². The van der Waals surface area contributed by atoms with Gasteiger partial charge >= 0.3 is 5.97 Å². The quantitative estimate of drug-likeness (QED) is 0.824. The second kappa shape index (κ2) is 5.71. The van der Waals surface area contributed by atoms with E-state index in [4.69, 9.17) is 10.5 Å². The highest BCUT2D eigenvalue weighted by Crippen LogP contribution is 2.25. The highest BCUT2D eigenvalue weighted by atomic mass is 16.5. The SMILES string of the molecule is CCOC(=O)C1CCCCN1c1cc(N)ccn1. The van der Waals surface area contributed by atoms with E-state index in [1.54, 1.807) is 18.3 Å². The molecule has 1 aliphatic rings. The smallest absolute Gasteiger partial charge is 0.328 e. The van der Waals surface area contributed by atoms with Crippen LogP contribution in [0.25, 0.3) is 0 Å². The maximum atomic E-state index is 11.9. The Morgan fingerprint density at radius 2 is 2.44 bits per heavy atom. The first kappa shape index (κ1) is 12.7. The van der Waals surface area contributed by atoms with Crippen molar-refractivity contribution in [3.8, 4) is 0 Å². The lowest BCUT2D eigenvalue weighted by Gasteiger charge is -2.34. The summed E-state index contributed by atoms with van der Waals surface area (Å²) in [5.74, 6) is 0.592. The van der Waals surface area contributed by atoms with Crippen LogP contribution in [0.2, 0.25) is 0 Å². The lowest BCUT2D eigenvalue weighted by Crippen LogP contribution is -2.46. The third-order valence-electron chi connectivity index (χ3n) is 3.13. The van der Waals surface area contributed by atoms with Crippen LogP contribution in [0.15, 0.2) is 18.3 Å². The van der Waals surface area contributed by atoms with E-state index in [2.05, 4.69) is 4.98 Å². The average molecular weight is 249 g/mol. The van der Waals surface area contributed by atoms with Gasteiger partial charge in [0, 0.05) is 24.5 Å².